The molecule has 103 heavy (non-hydrogen) atoms. The SMILES string of the molecule is C=C1C=C(N(c2ccc(-c3nc(-c4ccccc4)c(-c4ccccc4)nc3-c3ccc(N(c4ccc5c(c4)C4(c6ccccc6-c6ccccc64)c4ccccc4-5)c4ccc5ccccc5c4)cc3)cc2)c2ccc3c(c2)C2(c4ccccc4-c4ccccc42)c2ccccc2-3)/C=C\C/C=C\C=C/1. The number of rotatable bonds is 10. The maximum atomic E-state index is 5.84. The van der Waals surface area contributed by atoms with Crippen LogP contribution in [0.15, 0.2) is 394 Å². The van der Waals surface area contributed by atoms with Crippen LogP contribution in [0.3, 0.4) is 0 Å². The van der Waals surface area contributed by atoms with Crippen LogP contribution in [0.4, 0.5) is 28.4 Å². The summed E-state index contributed by atoms with van der Waals surface area (Å²) in [4.78, 5) is 16.5. The van der Waals surface area contributed by atoms with Gasteiger partial charge in [-0.25, -0.2) is 9.97 Å². The van der Waals surface area contributed by atoms with E-state index in [0.717, 1.165) is 91.2 Å². The van der Waals surface area contributed by atoms with E-state index in [9.17, 15) is 0 Å². The zero-order valence-electron chi connectivity index (χ0n) is 56.5. The Bertz CT molecular complexity index is 5980. The molecule has 1 aromatic heterocycles. The largest absolute Gasteiger partial charge is 0.310 e. The van der Waals surface area contributed by atoms with E-state index in [2.05, 4.69) is 393 Å². The summed E-state index contributed by atoms with van der Waals surface area (Å²) in [6, 6.07) is 123. The minimum atomic E-state index is -0.527. The van der Waals surface area contributed by atoms with Gasteiger partial charge in [-0.3, -0.25) is 0 Å². The van der Waals surface area contributed by atoms with Gasteiger partial charge >= 0.3 is 0 Å². The van der Waals surface area contributed by atoms with E-state index < -0.39 is 10.8 Å². The fourth-order valence-corrected chi connectivity index (χ4v) is 17.7. The molecule has 0 saturated heterocycles. The summed E-state index contributed by atoms with van der Waals surface area (Å²) in [7, 11) is 0. The molecule has 0 saturated carbocycles. The van der Waals surface area contributed by atoms with Crippen LogP contribution < -0.4 is 9.80 Å². The first-order valence-corrected chi connectivity index (χ1v) is 35.6. The summed E-state index contributed by atoms with van der Waals surface area (Å²) >= 11 is 0. The summed E-state index contributed by atoms with van der Waals surface area (Å²) in [5.74, 6) is 0. The van der Waals surface area contributed by atoms with Crippen molar-refractivity contribution in [3.63, 3.8) is 0 Å². The van der Waals surface area contributed by atoms with Crippen molar-refractivity contribution >= 4 is 39.2 Å². The Balaban J connectivity index is 0.755. The van der Waals surface area contributed by atoms with Gasteiger partial charge in [-0.1, -0.05) is 310 Å². The van der Waals surface area contributed by atoms with Gasteiger partial charge in [0.25, 0.3) is 0 Å². The minimum absolute atomic E-state index is 0.511. The number of allylic oxidation sites excluding steroid dienone is 8. The van der Waals surface area contributed by atoms with Gasteiger partial charge in [0, 0.05) is 56.4 Å². The standard InChI is InChI=1S/C99H66N4/c1-65-27-7-3-2-4-12-34-74(61-65)102(76-57-59-84-82-39-19-25-45-90(82)98(92(84)63-76)86-41-21-15-35-78(86)79-36-16-22-42-87(79)98)72-52-48-69(49-53-72)96-97(101-95(68-31-10-6-11-32-68)94(100-96)67-29-8-5-9-30-67)70-50-54-73(55-51-70)103(75-56-47-66-28-13-14-33-71(66)62-75)77-58-60-85-83-40-20-26-46-91(83)99(93(85)64-77)88-43-23-17-37-80(88)81-38-18-24-44-89(81)99/h2-3,5-64H,1,4H2/b3-2-,27-7-,34-12-,74-61?. The summed E-state index contributed by atoms with van der Waals surface area (Å²) in [6.45, 7) is 4.58. The van der Waals surface area contributed by atoms with E-state index in [-0.39, 0.29) is 0 Å². The van der Waals surface area contributed by atoms with Crippen molar-refractivity contribution in [3.8, 4) is 89.5 Å². The maximum Gasteiger partial charge on any atom is 0.0973 e. The molecule has 5 aliphatic carbocycles. The van der Waals surface area contributed by atoms with E-state index in [1.165, 1.54) is 99.8 Å². The van der Waals surface area contributed by atoms with Gasteiger partial charge in [0.2, 0.25) is 0 Å². The smallest absolute Gasteiger partial charge is 0.0973 e. The van der Waals surface area contributed by atoms with Gasteiger partial charge in [0.1, 0.15) is 0 Å². The molecule has 0 N–H and O–H groups in total. The molecular formula is C99H66N4. The lowest BCUT2D eigenvalue weighted by Crippen LogP contribution is -2.26. The highest BCUT2D eigenvalue weighted by Crippen LogP contribution is 2.65. The second kappa shape index (κ2) is 24.0. The number of fused-ring (bicyclic) bond motifs is 21. The molecule has 0 amide bonds. The van der Waals surface area contributed by atoms with Gasteiger partial charge in [-0.05, 0) is 185 Å². The topological polar surface area (TPSA) is 32.3 Å². The molecule has 1 heterocycles. The fraction of sp³-hybridized carbons (Fsp3) is 0.0303. The first-order valence-electron chi connectivity index (χ1n) is 35.6. The molecule has 482 valence electrons. The average molecular weight is 1310 g/mol. The van der Waals surface area contributed by atoms with Gasteiger partial charge in [-0.2, -0.15) is 0 Å². The molecule has 0 fully saturated rings. The third kappa shape index (κ3) is 9.24. The van der Waals surface area contributed by atoms with Crippen LogP contribution in [0.5, 0.6) is 0 Å². The second-order valence-electron chi connectivity index (χ2n) is 27.4. The van der Waals surface area contributed by atoms with Crippen molar-refractivity contribution in [2.75, 3.05) is 9.80 Å². The highest BCUT2D eigenvalue weighted by Gasteiger charge is 2.53. The number of hydrogen-bond donors (Lipinski definition) is 0. The molecule has 0 atom stereocenters. The fourth-order valence-electron chi connectivity index (χ4n) is 17.7. The van der Waals surface area contributed by atoms with Gasteiger partial charge in [-0.15, -0.1) is 0 Å². The summed E-state index contributed by atoms with van der Waals surface area (Å²) in [5, 5.41) is 2.36. The predicted octanol–water partition coefficient (Wildman–Crippen LogP) is 25.1. The third-order valence-electron chi connectivity index (χ3n) is 22.0. The van der Waals surface area contributed by atoms with Crippen molar-refractivity contribution < 1.29 is 0 Å². The molecule has 4 heteroatoms. The Kier molecular flexibility index (Phi) is 13.9. The maximum absolute atomic E-state index is 5.84. The molecule has 5 aliphatic rings. The average Bonchev–Trinajstić information content (AvgIpc) is 1.52. The van der Waals surface area contributed by atoms with E-state index in [1.807, 2.05) is 0 Å². The van der Waals surface area contributed by atoms with Gasteiger partial charge in [0.15, 0.2) is 0 Å². The zero-order valence-corrected chi connectivity index (χ0v) is 56.5. The van der Waals surface area contributed by atoms with E-state index in [0.29, 0.717) is 0 Å². The number of nitrogens with zero attached hydrogens (tertiary/aromatic N) is 4. The molecular weight excluding hydrogens is 1250 g/mol. The molecule has 2 spiro atoms. The summed E-state index contributed by atoms with van der Waals surface area (Å²) in [5.41, 5.74) is 33.6. The molecule has 0 unspecified atom stereocenters. The Morgan fingerprint density at radius 2 is 0.602 bits per heavy atom. The number of hydrogen-bond acceptors (Lipinski definition) is 4. The first kappa shape index (κ1) is 59.7. The monoisotopic (exact) mass is 1310 g/mol. The van der Waals surface area contributed by atoms with Crippen molar-refractivity contribution in [1.29, 1.82) is 0 Å². The first-order chi connectivity index (χ1) is 51.0. The van der Waals surface area contributed by atoms with Crippen LogP contribution in [0.1, 0.15) is 50.9 Å². The van der Waals surface area contributed by atoms with Crippen LogP contribution in [0, 0.1) is 0 Å². The van der Waals surface area contributed by atoms with E-state index in [1.54, 1.807) is 0 Å². The molecule has 14 aromatic carbocycles. The third-order valence-corrected chi connectivity index (χ3v) is 22.0. The Morgan fingerprint density at radius 3 is 1.05 bits per heavy atom. The van der Waals surface area contributed by atoms with Crippen molar-refractivity contribution in [3.05, 3.63) is 439 Å². The molecule has 0 aliphatic heterocycles. The van der Waals surface area contributed by atoms with Crippen LogP contribution in [-0.4, -0.2) is 9.97 Å². The van der Waals surface area contributed by atoms with E-state index in [4.69, 9.17) is 9.97 Å². The highest BCUT2D eigenvalue weighted by atomic mass is 15.2. The van der Waals surface area contributed by atoms with Crippen LogP contribution in [0.2, 0.25) is 0 Å². The highest BCUT2D eigenvalue weighted by molar-refractivity contribution is 6.00. The molecule has 0 radical (unpaired) electrons. The second-order valence-corrected chi connectivity index (χ2v) is 27.4. The van der Waals surface area contributed by atoms with E-state index >= 15 is 0 Å². The molecule has 15 aromatic rings. The summed E-state index contributed by atoms with van der Waals surface area (Å²) < 4.78 is 0. The Hall–Kier alpha value is -13.3. The Labute approximate surface area is 600 Å². The van der Waals surface area contributed by atoms with Crippen molar-refractivity contribution in [2.24, 2.45) is 0 Å². The number of benzene rings is 14. The lowest BCUT2D eigenvalue weighted by Gasteiger charge is -2.32. The normalized spacial score (nSPS) is 15.0. The van der Waals surface area contributed by atoms with Crippen molar-refractivity contribution in [1.82, 2.24) is 9.97 Å². The van der Waals surface area contributed by atoms with Gasteiger partial charge in [0.05, 0.1) is 33.6 Å². The summed E-state index contributed by atoms with van der Waals surface area (Å²) in [6.07, 6.45) is 15.9. The van der Waals surface area contributed by atoms with Crippen LogP contribution in [-0.2, 0) is 10.8 Å². The molecule has 4 nitrogen and oxygen atoms in total. The lowest BCUT2D eigenvalue weighted by atomic mass is 9.70. The lowest BCUT2D eigenvalue weighted by molar-refractivity contribution is 0.793. The Morgan fingerprint density at radius 1 is 0.262 bits per heavy atom. The predicted molar refractivity (Wildman–Crippen MR) is 426 cm³/mol. The van der Waals surface area contributed by atoms with Crippen LogP contribution in [0.25, 0.3) is 100 Å². The molecule has 0 bridgehead atoms. The van der Waals surface area contributed by atoms with Crippen molar-refractivity contribution in [2.45, 2.75) is 17.3 Å². The number of aromatic nitrogens is 2. The minimum Gasteiger partial charge on any atom is -0.310 e. The molecule has 20 rings (SSSR count). The van der Waals surface area contributed by atoms with Gasteiger partial charge < -0.3 is 9.80 Å². The quantitative estimate of drug-likeness (QED) is 0.137. The number of anilines is 5. The van der Waals surface area contributed by atoms with Crippen LogP contribution >= 0.6 is 0 Å². The zero-order chi connectivity index (χ0) is 68.2.